The monoisotopic (exact) mass is 472 g/mol. The number of amides is 1. The van der Waals surface area contributed by atoms with Crippen LogP contribution in [0.25, 0.3) is 16.7 Å². The van der Waals surface area contributed by atoms with Crippen LogP contribution in [-0.4, -0.2) is 45.0 Å². The summed E-state index contributed by atoms with van der Waals surface area (Å²) in [6.07, 6.45) is 7.43. The molecule has 0 radical (unpaired) electrons. The predicted octanol–water partition coefficient (Wildman–Crippen LogP) is 4.38. The lowest BCUT2D eigenvalue weighted by Crippen LogP contribution is -2.43. The number of anilines is 1. The third-order valence-corrected chi connectivity index (χ3v) is 7.06. The quantitative estimate of drug-likeness (QED) is 0.420. The van der Waals surface area contributed by atoms with Gasteiger partial charge in [0.15, 0.2) is 5.65 Å². The van der Waals surface area contributed by atoms with Gasteiger partial charge in [0.05, 0.1) is 17.0 Å². The molecular weight excluding hydrogens is 444 g/mol. The standard InChI is InChI=1S/C26H28N6OS/c1-18-5-9-21(10-6-18)32-16-23-24(30-32)28-17-29-25(23)31-13-3-4-20(15-31)26(33)27-14-19-7-11-22(34-2)12-8-19/h5-12,16-17,20H,3-4,13-15H2,1-2H3,(H,27,33). The largest absolute Gasteiger partial charge is 0.355 e. The SMILES string of the molecule is CSc1ccc(CNC(=O)C2CCCN(c3ncnc4nn(-c5ccc(C)cc5)cc34)C2)cc1. The van der Waals surface area contributed by atoms with Gasteiger partial charge in [-0.05, 0) is 55.9 Å². The number of nitrogens with one attached hydrogen (secondary N) is 1. The molecule has 7 nitrogen and oxygen atoms in total. The normalized spacial score (nSPS) is 16.1. The van der Waals surface area contributed by atoms with E-state index in [0.29, 0.717) is 18.7 Å². The Kier molecular flexibility index (Phi) is 6.49. The van der Waals surface area contributed by atoms with E-state index >= 15 is 0 Å². The van der Waals surface area contributed by atoms with Crippen molar-refractivity contribution >= 4 is 34.5 Å². The van der Waals surface area contributed by atoms with E-state index in [1.807, 2.05) is 23.0 Å². The molecule has 4 aromatic rings. The van der Waals surface area contributed by atoms with Crippen LogP contribution in [0.3, 0.4) is 0 Å². The van der Waals surface area contributed by atoms with Crippen LogP contribution < -0.4 is 10.2 Å². The number of hydrogen-bond donors (Lipinski definition) is 1. The molecule has 34 heavy (non-hydrogen) atoms. The summed E-state index contributed by atoms with van der Waals surface area (Å²) in [7, 11) is 0. The molecule has 1 saturated heterocycles. The molecule has 0 aliphatic carbocycles. The van der Waals surface area contributed by atoms with E-state index in [9.17, 15) is 4.79 Å². The van der Waals surface area contributed by atoms with E-state index in [2.05, 4.69) is 74.9 Å². The van der Waals surface area contributed by atoms with Gasteiger partial charge in [0, 0.05) is 30.7 Å². The maximum atomic E-state index is 13.0. The van der Waals surface area contributed by atoms with Crippen molar-refractivity contribution in [2.24, 2.45) is 5.92 Å². The minimum absolute atomic E-state index is 0.0728. The first-order valence-electron chi connectivity index (χ1n) is 11.5. The average molecular weight is 473 g/mol. The third-order valence-electron chi connectivity index (χ3n) is 6.31. The number of piperidine rings is 1. The highest BCUT2D eigenvalue weighted by molar-refractivity contribution is 7.98. The number of aromatic nitrogens is 4. The molecule has 1 N–H and O–H groups in total. The number of carbonyl (C=O) groups excluding carboxylic acids is 1. The first-order chi connectivity index (χ1) is 16.6. The van der Waals surface area contributed by atoms with Crippen LogP contribution in [0.1, 0.15) is 24.0 Å². The van der Waals surface area contributed by atoms with Gasteiger partial charge in [0.25, 0.3) is 0 Å². The molecule has 1 atom stereocenters. The molecule has 1 aliphatic heterocycles. The maximum Gasteiger partial charge on any atom is 0.225 e. The molecule has 5 rings (SSSR count). The molecule has 0 bridgehead atoms. The second-order valence-electron chi connectivity index (χ2n) is 8.69. The summed E-state index contributed by atoms with van der Waals surface area (Å²) in [5, 5.41) is 8.68. The molecular formula is C26H28N6OS. The molecule has 8 heteroatoms. The first-order valence-corrected chi connectivity index (χ1v) is 12.8. The van der Waals surface area contributed by atoms with E-state index in [1.54, 1.807) is 18.1 Å². The number of carbonyl (C=O) groups is 1. The number of aryl methyl sites for hydroxylation is 1. The number of hydrogen-bond acceptors (Lipinski definition) is 6. The van der Waals surface area contributed by atoms with E-state index in [-0.39, 0.29) is 11.8 Å². The fourth-order valence-electron chi connectivity index (χ4n) is 4.37. The van der Waals surface area contributed by atoms with Crippen LogP contribution in [0.4, 0.5) is 5.82 Å². The van der Waals surface area contributed by atoms with E-state index in [1.165, 1.54) is 10.5 Å². The van der Waals surface area contributed by atoms with Crippen molar-refractivity contribution < 1.29 is 4.79 Å². The Labute approximate surface area is 203 Å². The molecule has 1 aliphatic rings. The Morgan fingerprint density at radius 3 is 2.68 bits per heavy atom. The van der Waals surface area contributed by atoms with Gasteiger partial charge in [-0.3, -0.25) is 4.79 Å². The smallest absolute Gasteiger partial charge is 0.225 e. The molecule has 1 unspecified atom stereocenters. The van der Waals surface area contributed by atoms with Crippen LogP contribution in [0.15, 0.2) is 66.0 Å². The minimum atomic E-state index is -0.0728. The molecule has 0 spiro atoms. The zero-order valence-electron chi connectivity index (χ0n) is 19.4. The first kappa shape index (κ1) is 22.4. The van der Waals surface area contributed by atoms with E-state index in [0.717, 1.165) is 41.8 Å². The molecule has 2 aromatic carbocycles. The summed E-state index contributed by atoms with van der Waals surface area (Å²) in [6, 6.07) is 16.6. The molecule has 2 aromatic heterocycles. The number of fused-ring (bicyclic) bond motifs is 1. The summed E-state index contributed by atoms with van der Waals surface area (Å²) in [5.41, 5.74) is 3.96. The summed E-state index contributed by atoms with van der Waals surface area (Å²) in [5.74, 6) is 0.865. The lowest BCUT2D eigenvalue weighted by Gasteiger charge is -2.33. The zero-order chi connectivity index (χ0) is 23.5. The van der Waals surface area contributed by atoms with Crippen molar-refractivity contribution in [1.82, 2.24) is 25.1 Å². The highest BCUT2D eigenvalue weighted by Crippen LogP contribution is 2.28. The molecule has 1 amide bonds. The van der Waals surface area contributed by atoms with E-state index in [4.69, 9.17) is 0 Å². The molecule has 174 valence electrons. The van der Waals surface area contributed by atoms with Crippen LogP contribution in [0, 0.1) is 12.8 Å². The number of nitrogens with zero attached hydrogens (tertiary/aromatic N) is 5. The summed E-state index contributed by atoms with van der Waals surface area (Å²) in [4.78, 5) is 25.3. The average Bonchev–Trinajstić information content (AvgIpc) is 3.32. The van der Waals surface area contributed by atoms with Crippen LogP contribution in [0.5, 0.6) is 0 Å². The van der Waals surface area contributed by atoms with Gasteiger partial charge in [-0.15, -0.1) is 16.9 Å². The molecule has 1 fully saturated rings. The summed E-state index contributed by atoms with van der Waals surface area (Å²) in [6.45, 7) is 4.11. The summed E-state index contributed by atoms with van der Waals surface area (Å²) < 4.78 is 1.85. The second kappa shape index (κ2) is 9.85. The van der Waals surface area contributed by atoms with Crippen molar-refractivity contribution in [1.29, 1.82) is 0 Å². The van der Waals surface area contributed by atoms with Gasteiger partial charge in [0.1, 0.15) is 12.1 Å². The van der Waals surface area contributed by atoms with Crippen molar-refractivity contribution in [2.45, 2.75) is 31.2 Å². The highest BCUT2D eigenvalue weighted by Gasteiger charge is 2.28. The Morgan fingerprint density at radius 1 is 1.12 bits per heavy atom. The van der Waals surface area contributed by atoms with Gasteiger partial charge < -0.3 is 10.2 Å². The van der Waals surface area contributed by atoms with Crippen LogP contribution in [0.2, 0.25) is 0 Å². The molecule has 0 saturated carbocycles. The Hall–Kier alpha value is -3.39. The zero-order valence-corrected chi connectivity index (χ0v) is 20.3. The fourth-order valence-corrected chi connectivity index (χ4v) is 4.78. The van der Waals surface area contributed by atoms with Gasteiger partial charge in [0.2, 0.25) is 5.91 Å². The Balaban J connectivity index is 1.30. The van der Waals surface area contributed by atoms with Gasteiger partial charge in [-0.25, -0.2) is 14.6 Å². The van der Waals surface area contributed by atoms with Crippen LogP contribution >= 0.6 is 11.8 Å². The lowest BCUT2D eigenvalue weighted by molar-refractivity contribution is -0.125. The lowest BCUT2D eigenvalue weighted by atomic mass is 9.97. The predicted molar refractivity (Wildman–Crippen MR) is 136 cm³/mol. The number of thioether (sulfide) groups is 1. The van der Waals surface area contributed by atoms with Crippen molar-refractivity contribution in [3.63, 3.8) is 0 Å². The van der Waals surface area contributed by atoms with Crippen molar-refractivity contribution in [3.05, 3.63) is 72.2 Å². The number of rotatable bonds is 6. The number of benzene rings is 2. The minimum Gasteiger partial charge on any atom is -0.355 e. The van der Waals surface area contributed by atoms with E-state index < -0.39 is 0 Å². The van der Waals surface area contributed by atoms with Gasteiger partial charge >= 0.3 is 0 Å². The topological polar surface area (TPSA) is 75.9 Å². The van der Waals surface area contributed by atoms with Crippen LogP contribution in [-0.2, 0) is 11.3 Å². The second-order valence-corrected chi connectivity index (χ2v) is 9.57. The highest BCUT2D eigenvalue weighted by atomic mass is 32.2. The summed E-state index contributed by atoms with van der Waals surface area (Å²) >= 11 is 1.71. The van der Waals surface area contributed by atoms with Gasteiger partial charge in [-0.1, -0.05) is 29.8 Å². The Morgan fingerprint density at radius 2 is 1.91 bits per heavy atom. The van der Waals surface area contributed by atoms with Gasteiger partial charge in [-0.2, -0.15) is 0 Å². The third kappa shape index (κ3) is 4.77. The maximum absolute atomic E-state index is 13.0. The van der Waals surface area contributed by atoms with Crippen molar-refractivity contribution in [2.75, 3.05) is 24.2 Å². The Bertz CT molecular complexity index is 1290. The fraction of sp³-hybridized carbons (Fsp3) is 0.308. The molecule has 3 heterocycles. The van der Waals surface area contributed by atoms with Crippen molar-refractivity contribution in [3.8, 4) is 5.69 Å².